The summed E-state index contributed by atoms with van der Waals surface area (Å²) in [5.41, 5.74) is -1.49. The summed E-state index contributed by atoms with van der Waals surface area (Å²) in [4.78, 5) is 11.4. The molecule has 0 amide bonds. The Kier molecular flexibility index (Phi) is 3.78. The lowest BCUT2D eigenvalue weighted by atomic mass is 10.1. The minimum absolute atomic E-state index is 0.411. The largest absolute Gasteiger partial charge is 0.416 e. The summed E-state index contributed by atoms with van der Waals surface area (Å²) < 4.78 is 38.1. The van der Waals surface area contributed by atoms with E-state index in [0.29, 0.717) is 18.5 Å². The first kappa shape index (κ1) is 12.8. The van der Waals surface area contributed by atoms with Gasteiger partial charge in [0, 0.05) is 18.8 Å². The molecule has 0 atom stereocenters. The Morgan fingerprint density at radius 3 is 2.44 bits per heavy atom. The molecule has 1 aromatic heterocycles. The van der Waals surface area contributed by atoms with Crippen LogP contribution in [0.1, 0.15) is 25.8 Å². The molecule has 1 rings (SSSR count). The maximum Gasteiger partial charge on any atom is 0.416 e. The highest BCUT2D eigenvalue weighted by atomic mass is 19.4. The summed E-state index contributed by atoms with van der Waals surface area (Å²) in [7, 11) is 0. The second-order valence-electron chi connectivity index (χ2n) is 4.13. The molecule has 16 heavy (non-hydrogen) atoms. The van der Waals surface area contributed by atoms with Crippen LogP contribution >= 0.6 is 0 Å². The van der Waals surface area contributed by atoms with Crippen molar-refractivity contribution in [1.82, 2.24) is 4.57 Å². The summed E-state index contributed by atoms with van der Waals surface area (Å²) >= 11 is 0. The molecule has 2 nitrogen and oxygen atoms in total. The Bertz CT molecular complexity index is 406. The van der Waals surface area contributed by atoms with E-state index in [1.165, 1.54) is 10.8 Å². The van der Waals surface area contributed by atoms with Gasteiger partial charge in [-0.05, 0) is 18.4 Å². The molecule has 0 unspecified atom stereocenters. The van der Waals surface area contributed by atoms with Gasteiger partial charge in [0.1, 0.15) is 0 Å². The van der Waals surface area contributed by atoms with E-state index < -0.39 is 17.3 Å². The first-order valence-electron chi connectivity index (χ1n) is 5.08. The zero-order valence-corrected chi connectivity index (χ0v) is 9.21. The van der Waals surface area contributed by atoms with Crippen molar-refractivity contribution < 1.29 is 13.2 Å². The monoisotopic (exact) mass is 233 g/mol. The predicted molar refractivity (Wildman–Crippen MR) is 55.2 cm³/mol. The summed E-state index contributed by atoms with van der Waals surface area (Å²) in [6.07, 6.45) is -2.48. The number of hydrogen-bond acceptors (Lipinski definition) is 1. The third-order valence-electron chi connectivity index (χ3n) is 2.27. The molecule has 0 aromatic carbocycles. The number of alkyl halides is 3. The van der Waals surface area contributed by atoms with Gasteiger partial charge in [0.25, 0.3) is 5.56 Å². The van der Waals surface area contributed by atoms with E-state index in [-0.39, 0.29) is 0 Å². The summed E-state index contributed by atoms with van der Waals surface area (Å²) in [6, 6.07) is 1.57. The maximum absolute atomic E-state index is 12.3. The van der Waals surface area contributed by atoms with Gasteiger partial charge < -0.3 is 4.57 Å². The van der Waals surface area contributed by atoms with Crippen LogP contribution in [-0.2, 0) is 12.7 Å². The lowest BCUT2D eigenvalue weighted by Crippen LogP contribution is -2.22. The second kappa shape index (κ2) is 4.72. The van der Waals surface area contributed by atoms with Gasteiger partial charge in [-0.2, -0.15) is 13.2 Å². The molecule has 0 fully saturated rings. The van der Waals surface area contributed by atoms with Crippen molar-refractivity contribution in [3.63, 3.8) is 0 Å². The molecule has 0 radical (unpaired) electrons. The van der Waals surface area contributed by atoms with Gasteiger partial charge in [0.2, 0.25) is 0 Å². The highest BCUT2D eigenvalue weighted by Gasteiger charge is 2.30. The van der Waals surface area contributed by atoms with Crippen LogP contribution in [0, 0.1) is 5.92 Å². The van der Waals surface area contributed by atoms with Gasteiger partial charge in [-0.3, -0.25) is 4.79 Å². The fourth-order valence-electron chi connectivity index (χ4n) is 1.27. The van der Waals surface area contributed by atoms with Gasteiger partial charge in [0.05, 0.1) is 5.56 Å². The van der Waals surface area contributed by atoms with Crippen LogP contribution < -0.4 is 5.56 Å². The second-order valence-corrected chi connectivity index (χ2v) is 4.13. The first-order chi connectivity index (χ1) is 7.30. The zero-order chi connectivity index (χ0) is 12.3. The number of halogens is 3. The van der Waals surface area contributed by atoms with Gasteiger partial charge in [0.15, 0.2) is 0 Å². The predicted octanol–water partition coefficient (Wildman–Crippen LogP) is 2.91. The summed E-state index contributed by atoms with van der Waals surface area (Å²) in [6.45, 7) is 4.44. The van der Waals surface area contributed by atoms with Crippen molar-refractivity contribution in [2.45, 2.75) is 33.0 Å². The van der Waals surface area contributed by atoms with Gasteiger partial charge in [-0.25, -0.2) is 0 Å². The Morgan fingerprint density at radius 2 is 2.00 bits per heavy atom. The summed E-state index contributed by atoms with van der Waals surface area (Å²) in [5.74, 6) is 0.411. The van der Waals surface area contributed by atoms with E-state index >= 15 is 0 Å². The number of aromatic nitrogens is 1. The van der Waals surface area contributed by atoms with E-state index in [9.17, 15) is 18.0 Å². The average Bonchev–Trinajstić information content (AvgIpc) is 2.14. The highest BCUT2D eigenvalue weighted by Crippen LogP contribution is 2.27. The Balaban J connectivity index is 2.88. The van der Waals surface area contributed by atoms with Crippen molar-refractivity contribution in [2.24, 2.45) is 5.92 Å². The van der Waals surface area contributed by atoms with E-state index in [1.54, 1.807) is 0 Å². The SMILES string of the molecule is CC(C)CCn1ccc(C(F)(F)F)cc1=O. The minimum Gasteiger partial charge on any atom is -0.316 e. The fraction of sp³-hybridized carbons (Fsp3) is 0.545. The number of rotatable bonds is 3. The molecular formula is C11H14F3NO. The molecule has 1 heterocycles. The fourth-order valence-corrected chi connectivity index (χ4v) is 1.27. The Morgan fingerprint density at radius 1 is 1.38 bits per heavy atom. The first-order valence-corrected chi connectivity index (χ1v) is 5.08. The highest BCUT2D eigenvalue weighted by molar-refractivity contribution is 5.14. The van der Waals surface area contributed by atoms with Gasteiger partial charge in [-0.15, -0.1) is 0 Å². The van der Waals surface area contributed by atoms with Crippen LogP contribution in [0.3, 0.4) is 0 Å². The third-order valence-corrected chi connectivity index (χ3v) is 2.27. The average molecular weight is 233 g/mol. The standard InChI is InChI=1S/C11H14F3NO/c1-8(2)3-5-15-6-4-9(7-10(15)16)11(12,13)14/h4,6-8H,3,5H2,1-2H3. The zero-order valence-electron chi connectivity index (χ0n) is 9.21. The maximum atomic E-state index is 12.3. The molecule has 0 aliphatic rings. The lowest BCUT2D eigenvalue weighted by molar-refractivity contribution is -0.137. The summed E-state index contributed by atoms with van der Waals surface area (Å²) in [5, 5.41) is 0. The Hall–Kier alpha value is -1.26. The number of aryl methyl sites for hydroxylation is 1. The van der Waals surface area contributed by atoms with E-state index in [2.05, 4.69) is 0 Å². The molecule has 0 spiro atoms. The van der Waals surface area contributed by atoms with Crippen molar-refractivity contribution in [3.8, 4) is 0 Å². The molecular weight excluding hydrogens is 219 g/mol. The van der Waals surface area contributed by atoms with Crippen LogP contribution in [0.15, 0.2) is 23.1 Å². The molecule has 0 N–H and O–H groups in total. The molecule has 0 aliphatic carbocycles. The molecule has 5 heteroatoms. The smallest absolute Gasteiger partial charge is 0.316 e. The van der Waals surface area contributed by atoms with E-state index in [0.717, 1.165) is 12.5 Å². The normalized spacial score (nSPS) is 12.1. The number of hydrogen-bond donors (Lipinski definition) is 0. The van der Waals surface area contributed by atoms with Crippen molar-refractivity contribution >= 4 is 0 Å². The number of nitrogens with zero attached hydrogens (tertiary/aromatic N) is 1. The van der Waals surface area contributed by atoms with Crippen LogP contribution in [0.4, 0.5) is 13.2 Å². The van der Waals surface area contributed by atoms with Crippen LogP contribution in [-0.4, -0.2) is 4.57 Å². The molecule has 0 saturated carbocycles. The van der Waals surface area contributed by atoms with Crippen molar-refractivity contribution in [1.29, 1.82) is 0 Å². The molecule has 0 aliphatic heterocycles. The van der Waals surface area contributed by atoms with Crippen molar-refractivity contribution in [2.75, 3.05) is 0 Å². The number of pyridine rings is 1. The Labute approximate surface area is 91.7 Å². The van der Waals surface area contributed by atoms with Crippen LogP contribution in [0.5, 0.6) is 0 Å². The molecule has 90 valence electrons. The quantitative estimate of drug-likeness (QED) is 0.786. The molecule has 0 bridgehead atoms. The van der Waals surface area contributed by atoms with Gasteiger partial charge in [-0.1, -0.05) is 13.8 Å². The van der Waals surface area contributed by atoms with Gasteiger partial charge >= 0.3 is 6.18 Å². The molecule has 0 saturated heterocycles. The minimum atomic E-state index is -4.45. The van der Waals surface area contributed by atoms with Crippen molar-refractivity contribution in [3.05, 3.63) is 34.2 Å². The van der Waals surface area contributed by atoms with E-state index in [1.807, 2.05) is 13.8 Å². The lowest BCUT2D eigenvalue weighted by Gasteiger charge is -2.10. The van der Waals surface area contributed by atoms with Crippen LogP contribution in [0.2, 0.25) is 0 Å². The van der Waals surface area contributed by atoms with Crippen LogP contribution in [0.25, 0.3) is 0 Å². The third kappa shape index (κ3) is 3.40. The van der Waals surface area contributed by atoms with E-state index in [4.69, 9.17) is 0 Å². The topological polar surface area (TPSA) is 22.0 Å². The molecule has 1 aromatic rings.